The highest BCUT2D eigenvalue weighted by atomic mass is 32.2. The van der Waals surface area contributed by atoms with Crippen LogP contribution in [0.5, 0.6) is 0 Å². The lowest BCUT2D eigenvalue weighted by atomic mass is 10.1. The number of sulfone groups is 1. The van der Waals surface area contributed by atoms with Crippen LogP contribution in [0.4, 0.5) is 11.4 Å². The zero-order valence-corrected chi connectivity index (χ0v) is 18.4. The predicted molar refractivity (Wildman–Crippen MR) is 115 cm³/mol. The minimum atomic E-state index is -3.65. The molecule has 1 heterocycles. The van der Waals surface area contributed by atoms with Gasteiger partial charge in [-0.25, -0.2) is 13.2 Å². The Balaban J connectivity index is 1.94. The molecule has 1 aliphatic heterocycles. The smallest absolute Gasteiger partial charge is 0.329 e. The van der Waals surface area contributed by atoms with Crippen LogP contribution in [0.3, 0.4) is 0 Å². The second-order valence-corrected chi connectivity index (χ2v) is 9.62. The third kappa shape index (κ3) is 4.91. The van der Waals surface area contributed by atoms with Crippen LogP contribution in [-0.4, -0.2) is 59.0 Å². The minimum Gasteiger partial charge on any atom is -0.459 e. The second-order valence-electron chi connectivity index (χ2n) is 7.36. The van der Waals surface area contributed by atoms with E-state index in [0.29, 0.717) is 4.90 Å². The summed E-state index contributed by atoms with van der Waals surface area (Å²) in [5.41, 5.74) is -1.78. The molecule has 3 rings (SSSR count). The number of amides is 2. The predicted octanol–water partition coefficient (Wildman–Crippen LogP) is 1.65. The molecule has 1 aliphatic rings. The third-order valence-corrected chi connectivity index (χ3v) is 6.00. The Labute approximate surface area is 192 Å². The lowest BCUT2D eigenvalue weighted by Crippen LogP contribution is -2.46. The van der Waals surface area contributed by atoms with Gasteiger partial charge in [-0.3, -0.25) is 34.7 Å². The Kier molecular flexibility index (Phi) is 6.72. The molecule has 0 saturated carbocycles. The van der Waals surface area contributed by atoms with Crippen molar-refractivity contribution in [3.8, 4) is 0 Å². The fourth-order valence-corrected chi connectivity index (χ4v) is 4.11. The maximum Gasteiger partial charge on any atom is 0.329 e. The molecule has 0 aliphatic carbocycles. The molecule has 0 aromatic heterocycles. The molecule has 0 radical (unpaired) electrons. The maximum atomic E-state index is 13.0. The number of fused-ring (bicyclic) bond motifs is 1. The normalized spacial score (nSPS) is 14.0. The van der Waals surface area contributed by atoms with Crippen LogP contribution in [-0.2, 0) is 26.0 Å². The van der Waals surface area contributed by atoms with E-state index in [2.05, 4.69) is 0 Å². The van der Waals surface area contributed by atoms with E-state index < -0.39 is 73.5 Å². The fraction of sp³-hybridized carbons (Fsp3) is 0.250. The number of hydrogen-bond acceptors (Lipinski definition) is 10. The van der Waals surface area contributed by atoms with Crippen LogP contribution < -0.4 is 0 Å². The monoisotopic (exact) mass is 491 g/mol. The van der Waals surface area contributed by atoms with E-state index in [1.165, 1.54) is 36.4 Å². The van der Waals surface area contributed by atoms with Crippen molar-refractivity contribution in [1.82, 2.24) is 4.90 Å². The number of hydrogen-bond donors (Lipinski definition) is 0. The van der Waals surface area contributed by atoms with E-state index in [4.69, 9.17) is 4.74 Å². The summed E-state index contributed by atoms with van der Waals surface area (Å²) in [5.74, 6) is -3.97. The van der Waals surface area contributed by atoms with Crippen molar-refractivity contribution >= 4 is 39.0 Å². The molecule has 2 amide bonds. The topological polar surface area (TPSA) is 184 Å². The van der Waals surface area contributed by atoms with Crippen LogP contribution >= 0.6 is 0 Å². The van der Waals surface area contributed by atoms with Crippen LogP contribution in [0.1, 0.15) is 32.7 Å². The molecule has 0 N–H and O–H groups in total. The lowest BCUT2D eigenvalue weighted by molar-refractivity contribution is -0.385. The fourth-order valence-electron chi connectivity index (χ4n) is 3.45. The van der Waals surface area contributed by atoms with Gasteiger partial charge in [0.1, 0.15) is 28.0 Å². The molecular formula is C20H17N3O10S. The van der Waals surface area contributed by atoms with Gasteiger partial charge in [0.15, 0.2) is 0 Å². The summed E-state index contributed by atoms with van der Waals surface area (Å²) >= 11 is 0. The number of carbonyl (C=O) groups is 3. The number of rotatable bonds is 9. The van der Waals surface area contributed by atoms with E-state index in [9.17, 15) is 43.0 Å². The molecule has 2 aromatic carbocycles. The third-order valence-electron chi connectivity index (χ3n) is 5.03. The molecule has 178 valence electrons. The van der Waals surface area contributed by atoms with Crippen molar-refractivity contribution < 1.29 is 37.4 Å². The average Bonchev–Trinajstić information content (AvgIpc) is 3.02. The number of carbonyl (C=O) groups excluding carboxylic acids is 3. The van der Waals surface area contributed by atoms with E-state index >= 15 is 0 Å². The first-order valence-corrected chi connectivity index (χ1v) is 11.7. The largest absolute Gasteiger partial charge is 0.459 e. The molecule has 34 heavy (non-hydrogen) atoms. The molecule has 13 nitrogen and oxygen atoms in total. The van der Waals surface area contributed by atoms with Gasteiger partial charge in [0, 0.05) is 18.4 Å². The SMILES string of the molecule is CS(=O)(=O)CC[C@H](C(=O)OCc1ccccc1[N+](=O)[O-])N1C(=O)c2cccc([N+](=O)[O-])c2C1=O. The summed E-state index contributed by atoms with van der Waals surface area (Å²) in [6.07, 6.45) is 0.351. The summed E-state index contributed by atoms with van der Waals surface area (Å²) < 4.78 is 28.5. The first kappa shape index (κ1) is 24.4. The molecule has 14 heteroatoms. The molecule has 0 spiro atoms. The summed E-state index contributed by atoms with van der Waals surface area (Å²) in [6.45, 7) is -0.589. The number of nitro benzene ring substituents is 2. The zero-order valence-electron chi connectivity index (χ0n) is 17.6. The zero-order chi connectivity index (χ0) is 25.2. The molecule has 0 unspecified atom stereocenters. The quantitative estimate of drug-likeness (QED) is 0.216. The maximum absolute atomic E-state index is 13.0. The number of para-hydroxylation sites is 1. The number of benzene rings is 2. The van der Waals surface area contributed by atoms with Crippen molar-refractivity contribution in [2.45, 2.75) is 19.1 Å². The van der Waals surface area contributed by atoms with Gasteiger partial charge >= 0.3 is 5.97 Å². The van der Waals surface area contributed by atoms with Crippen molar-refractivity contribution in [3.63, 3.8) is 0 Å². The Bertz CT molecular complexity index is 1320. The first-order chi connectivity index (χ1) is 15.9. The average molecular weight is 491 g/mol. The molecule has 1 atom stereocenters. The van der Waals surface area contributed by atoms with Gasteiger partial charge in [0.2, 0.25) is 0 Å². The van der Waals surface area contributed by atoms with Gasteiger partial charge in [-0.15, -0.1) is 0 Å². The highest BCUT2D eigenvalue weighted by Gasteiger charge is 2.47. The summed E-state index contributed by atoms with van der Waals surface area (Å²) in [5, 5.41) is 22.5. The number of imide groups is 1. The van der Waals surface area contributed by atoms with Crippen molar-refractivity contribution in [2.75, 3.05) is 12.0 Å². The molecule has 0 fully saturated rings. The lowest BCUT2D eigenvalue weighted by Gasteiger charge is -2.24. The number of esters is 1. The van der Waals surface area contributed by atoms with E-state index in [-0.39, 0.29) is 16.8 Å². The Hall–Kier alpha value is -4.20. The molecule has 2 aromatic rings. The minimum absolute atomic E-state index is 0.0284. The number of nitrogens with zero attached hydrogens (tertiary/aromatic N) is 3. The standard InChI is InChI=1S/C20H17N3O10S/c1-34(31,32)10-9-16(20(26)33-11-12-5-2-3-7-14(12)22(27)28)21-18(24)13-6-4-8-15(23(29)30)17(13)19(21)25/h2-8,16H,9-11H2,1H3/t16-/m1/s1. The summed E-state index contributed by atoms with van der Waals surface area (Å²) in [6, 6.07) is 7.06. The second kappa shape index (κ2) is 9.35. The summed E-state index contributed by atoms with van der Waals surface area (Å²) in [4.78, 5) is 60.2. The van der Waals surface area contributed by atoms with Crippen molar-refractivity contribution in [3.05, 3.63) is 79.4 Å². The van der Waals surface area contributed by atoms with Crippen molar-refractivity contribution in [1.29, 1.82) is 0 Å². The Morgan fingerprint density at radius 3 is 2.24 bits per heavy atom. The Morgan fingerprint density at radius 1 is 1.00 bits per heavy atom. The van der Waals surface area contributed by atoms with Gasteiger partial charge in [0.25, 0.3) is 23.2 Å². The van der Waals surface area contributed by atoms with Crippen LogP contribution in [0.2, 0.25) is 0 Å². The van der Waals surface area contributed by atoms with Gasteiger partial charge in [0.05, 0.1) is 26.7 Å². The van der Waals surface area contributed by atoms with E-state index in [1.807, 2.05) is 0 Å². The highest BCUT2D eigenvalue weighted by Crippen LogP contribution is 2.33. The van der Waals surface area contributed by atoms with Gasteiger partial charge in [-0.05, 0) is 18.6 Å². The van der Waals surface area contributed by atoms with Gasteiger partial charge < -0.3 is 4.74 Å². The van der Waals surface area contributed by atoms with Crippen LogP contribution in [0, 0.1) is 20.2 Å². The van der Waals surface area contributed by atoms with Crippen LogP contribution in [0.25, 0.3) is 0 Å². The number of ether oxygens (including phenoxy) is 1. The summed E-state index contributed by atoms with van der Waals surface area (Å²) in [7, 11) is -3.65. The first-order valence-electron chi connectivity index (χ1n) is 9.64. The Morgan fingerprint density at radius 2 is 1.62 bits per heavy atom. The molecule has 0 bridgehead atoms. The van der Waals surface area contributed by atoms with Gasteiger partial charge in [-0.2, -0.15) is 0 Å². The molecule has 0 saturated heterocycles. The van der Waals surface area contributed by atoms with Crippen molar-refractivity contribution in [2.24, 2.45) is 0 Å². The highest BCUT2D eigenvalue weighted by molar-refractivity contribution is 7.90. The van der Waals surface area contributed by atoms with Crippen LogP contribution in [0.15, 0.2) is 42.5 Å². The van der Waals surface area contributed by atoms with E-state index in [0.717, 1.165) is 12.3 Å². The van der Waals surface area contributed by atoms with E-state index in [1.54, 1.807) is 0 Å². The molecular weight excluding hydrogens is 474 g/mol. The van der Waals surface area contributed by atoms with Gasteiger partial charge in [-0.1, -0.05) is 18.2 Å². The number of nitro groups is 2.